The summed E-state index contributed by atoms with van der Waals surface area (Å²) in [4.78, 5) is 2.57. The van der Waals surface area contributed by atoms with Crippen LogP contribution in [0.4, 0.5) is 0 Å². The molecule has 1 aromatic rings. The fourth-order valence-electron chi connectivity index (χ4n) is 2.49. The van der Waals surface area contributed by atoms with Crippen molar-refractivity contribution in [3.8, 4) is 0 Å². The summed E-state index contributed by atoms with van der Waals surface area (Å²) >= 11 is 0. The molecule has 17 heavy (non-hydrogen) atoms. The molecule has 1 aromatic carbocycles. The predicted octanol–water partition coefficient (Wildman–Crippen LogP) is 2.41. The first kappa shape index (κ1) is 12.6. The number of nitrogens with zero attached hydrogens (tertiary/aromatic N) is 1. The minimum absolute atomic E-state index is 1.11. The lowest BCUT2D eigenvalue weighted by molar-refractivity contribution is 0.284. The van der Waals surface area contributed by atoms with Gasteiger partial charge in [-0.2, -0.15) is 0 Å². The van der Waals surface area contributed by atoms with Gasteiger partial charge in [0.2, 0.25) is 0 Å². The Balaban J connectivity index is 2.09. The van der Waals surface area contributed by atoms with Crippen LogP contribution in [0.5, 0.6) is 0 Å². The van der Waals surface area contributed by atoms with Gasteiger partial charge in [0, 0.05) is 19.6 Å². The van der Waals surface area contributed by atoms with Crippen LogP contribution in [0.1, 0.15) is 28.7 Å². The maximum absolute atomic E-state index is 3.46. The summed E-state index contributed by atoms with van der Waals surface area (Å²) in [5.41, 5.74) is 5.75. The molecule has 2 nitrogen and oxygen atoms in total. The molecule has 0 saturated carbocycles. The molecule has 1 N–H and O–H groups in total. The zero-order chi connectivity index (χ0) is 12.3. The second-order valence-electron chi connectivity index (χ2n) is 5.24. The smallest absolute Gasteiger partial charge is 0.0237 e. The summed E-state index contributed by atoms with van der Waals surface area (Å²) in [6.45, 7) is 12.4. The molecule has 0 atom stereocenters. The first-order valence-electron chi connectivity index (χ1n) is 6.66. The highest BCUT2D eigenvalue weighted by molar-refractivity contribution is 5.36. The summed E-state index contributed by atoms with van der Waals surface area (Å²) < 4.78 is 0. The Hall–Kier alpha value is -0.860. The van der Waals surface area contributed by atoms with Crippen molar-refractivity contribution in [3.63, 3.8) is 0 Å². The van der Waals surface area contributed by atoms with E-state index in [0.29, 0.717) is 0 Å². The van der Waals surface area contributed by atoms with Gasteiger partial charge in [-0.25, -0.2) is 0 Å². The molecule has 1 saturated heterocycles. The summed E-state index contributed by atoms with van der Waals surface area (Å²) in [6, 6.07) is 4.68. The zero-order valence-corrected chi connectivity index (χ0v) is 11.3. The van der Waals surface area contributed by atoms with Crippen molar-refractivity contribution >= 4 is 0 Å². The molecule has 1 fully saturated rings. The van der Waals surface area contributed by atoms with Crippen molar-refractivity contribution in [2.75, 3.05) is 26.2 Å². The molecule has 0 unspecified atom stereocenters. The monoisotopic (exact) mass is 232 g/mol. The number of hydrogen-bond acceptors (Lipinski definition) is 2. The lowest BCUT2D eigenvalue weighted by Gasteiger charge is -2.21. The normalized spacial score (nSPS) is 18.1. The zero-order valence-electron chi connectivity index (χ0n) is 11.3. The van der Waals surface area contributed by atoms with Gasteiger partial charge in [-0.1, -0.05) is 12.1 Å². The third-order valence-corrected chi connectivity index (χ3v) is 3.78. The van der Waals surface area contributed by atoms with Gasteiger partial charge in [0.1, 0.15) is 0 Å². The summed E-state index contributed by atoms with van der Waals surface area (Å²) in [5.74, 6) is 0. The van der Waals surface area contributed by atoms with Gasteiger partial charge in [-0.05, 0) is 62.5 Å². The summed E-state index contributed by atoms with van der Waals surface area (Å²) in [6.07, 6.45) is 1.27. The number of nitrogens with one attached hydrogen (secondary N) is 1. The number of aryl methyl sites for hydroxylation is 3. The van der Waals surface area contributed by atoms with E-state index in [1.165, 1.54) is 48.3 Å². The van der Waals surface area contributed by atoms with Crippen LogP contribution in [-0.2, 0) is 6.54 Å². The highest BCUT2D eigenvalue weighted by atomic mass is 15.1. The second kappa shape index (κ2) is 5.65. The maximum atomic E-state index is 3.46. The van der Waals surface area contributed by atoms with Crippen LogP contribution in [0.2, 0.25) is 0 Å². The molecule has 2 rings (SSSR count). The van der Waals surface area contributed by atoms with Crippen LogP contribution in [0.15, 0.2) is 12.1 Å². The molecule has 94 valence electrons. The molecule has 1 aliphatic heterocycles. The van der Waals surface area contributed by atoms with E-state index in [4.69, 9.17) is 0 Å². The van der Waals surface area contributed by atoms with Crippen LogP contribution in [0, 0.1) is 20.8 Å². The lowest BCUT2D eigenvalue weighted by atomic mass is 10.0. The summed E-state index contributed by atoms with van der Waals surface area (Å²) in [7, 11) is 0. The van der Waals surface area contributed by atoms with E-state index < -0.39 is 0 Å². The molecule has 0 amide bonds. The Bertz CT molecular complexity index is 377. The summed E-state index contributed by atoms with van der Waals surface area (Å²) in [5, 5.41) is 3.46. The van der Waals surface area contributed by atoms with Crippen LogP contribution < -0.4 is 5.32 Å². The number of rotatable bonds is 2. The topological polar surface area (TPSA) is 15.3 Å². The molecule has 1 heterocycles. The Morgan fingerprint density at radius 3 is 2.59 bits per heavy atom. The van der Waals surface area contributed by atoms with Gasteiger partial charge in [-0.15, -0.1) is 0 Å². The molecule has 2 heteroatoms. The highest BCUT2D eigenvalue weighted by Crippen LogP contribution is 2.17. The van der Waals surface area contributed by atoms with Gasteiger partial charge in [0.25, 0.3) is 0 Å². The lowest BCUT2D eigenvalue weighted by Crippen LogP contribution is -2.28. The van der Waals surface area contributed by atoms with Crippen molar-refractivity contribution in [1.82, 2.24) is 10.2 Å². The quantitative estimate of drug-likeness (QED) is 0.842. The van der Waals surface area contributed by atoms with Crippen molar-refractivity contribution in [3.05, 3.63) is 34.4 Å². The van der Waals surface area contributed by atoms with Crippen LogP contribution >= 0.6 is 0 Å². The molecule has 0 bridgehead atoms. The SMILES string of the molecule is Cc1cc(C)c(CN2CCCNCC2)cc1C. The van der Waals surface area contributed by atoms with E-state index in [2.05, 4.69) is 43.1 Å². The van der Waals surface area contributed by atoms with Gasteiger partial charge in [-0.3, -0.25) is 4.90 Å². The highest BCUT2D eigenvalue weighted by Gasteiger charge is 2.10. The van der Waals surface area contributed by atoms with Crippen LogP contribution in [0.25, 0.3) is 0 Å². The third kappa shape index (κ3) is 3.30. The first-order valence-corrected chi connectivity index (χ1v) is 6.66. The van der Waals surface area contributed by atoms with Crippen LogP contribution in [-0.4, -0.2) is 31.1 Å². The molecule has 1 aliphatic rings. The molecule has 0 spiro atoms. The minimum Gasteiger partial charge on any atom is -0.315 e. The van der Waals surface area contributed by atoms with E-state index in [1.54, 1.807) is 0 Å². The fraction of sp³-hybridized carbons (Fsp3) is 0.600. The van der Waals surface area contributed by atoms with E-state index in [0.717, 1.165) is 13.1 Å². The second-order valence-corrected chi connectivity index (χ2v) is 5.24. The minimum atomic E-state index is 1.11. The first-order chi connectivity index (χ1) is 8.16. The van der Waals surface area contributed by atoms with Crippen molar-refractivity contribution in [2.45, 2.75) is 33.7 Å². The maximum Gasteiger partial charge on any atom is 0.0237 e. The number of benzene rings is 1. The van der Waals surface area contributed by atoms with Crippen molar-refractivity contribution < 1.29 is 0 Å². The number of hydrogen-bond donors (Lipinski definition) is 1. The average Bonchev–Trinajstić information content (AvgIpc) is 2.54. The average molecular weight is 232 g/mol. The van der Waals surface area contributed by atoms with Crippen molar-refractivity contribution in [1.29, 1.82) is 0 Å². The van der Waals surface area contributed by atoms with Crippen molar-refractivity contribution in [2.24, 2.45) is 0 Å². The van der Waals surface area contributed by atoms with Gasteiger partial charge in [0.15, 0.2) is 0 Å². The Kier molecular flexibility index (Phi) is 4.19. The Morgan fingerprint density at radius 2 is 1.76 bits per heavy atom. The van der Waals surface area contributed by atoms with E-state index in [-0.39, 0.29) is 0 Å². The van der Waals surface area contributed by atoms with Crippen LogP contribution in [0.3, 0.4) is 0 Å². The van der Waals surface area contributed by atoms with E-state index >= 15 is 0 Å². The van der Waals surface area contributed by atoms with Gasteiger partial charge >= 0.3 is 0 Å². The molecular weight excluding hydrogens is 208 g/mol. The Labute approximate surface area is 105 Å². The largest absolute Gasteiger partial charge is 0.315 e. The van der Waals surface area contributed by atoms with E-state index in [9.17, 15) is 0 Å². The van der Waals surface area contributed by atoms with E-state index in [1.807, 2.05) is 0 Å². The molecule has 0 aliphatic carbocycles. The predicted molar refractivity (Wildman–Crippen MR) is 73.4 cm³/mol. The third-order valence-electron chi connectivity index (χ3n) is 3.78. The van der Waals surface area contributed by atoms with Gasteiger partial charge in [0.05, 0.1) is 0 Å². The standard InChI is InChI=1S/C15H24N2/c1-12-9-14(3)15(10-13(12)2)11-17-7-4-5-16-6-8-17/h9-10,16H,4-8,11H2,1-3H3. The fourth-order valence-corrected chi connectivity index (χ4v) is 2.49. The Morgan fingerprint density at radius 1 is 1.00 bits per heavy atom. The molecule has 0 radical (unpaired) electrons. The van der Waals surface area contributed by atoms with Gasteiger partial charge < -0.3 is 5.32 Å². The molecule has 0 aromatic heterocycles. The molecular formula is C15H24N2.